The van der Waals surface area contributed by atoms with Gasteiger partial charge in [0.05, 0.1) is 0 Å². The first-order valence-corrected chi connectivity index (χ1v) is 14.6. The molecule has 6 aromatic carbocycles. The van der Waals surface area contributed by atoms with Crippen LogP contribution in [-0.2, 0) is 15.9 Å². The lowest BCUT2D eigenvalue weighted by Crippen LogP contribution is -2.53. The predicted molar refractivity (Wildman–Crippen MR) is 161 cm³/mol. The summed E-state index contributed by atoms with van der Waals surface area (Å²) in [5, 5.41) is 0. The molecule has 192 valence electrons. The Bertz CT molecular complexity index is 1690. The summed E-state index contributed by atoms with van der Waals surface area (Å²) >= 11 is 0. The molecule has 41 heavy (non-hydrogen) atoms. The highest BCUT2D eigenvalue weighted by molar-refractivity contribution is 5.74. The highest BCUT2D eigenvalue weighted by Crippen LogP contribution is 2.66. The van der Waals surface area contributed by atoms with Gasteiger partial charge in [0.15, 0.2) is 0 Å². The van der Waals surface area contributed by atoms with Gasteiger partial charge in [0, 0.05) is 11.8 Å². The third-order valence-corrected chi connectivity index (χ3v) is 10.2. The molecule has 0 amide bonds. The Morgan fingerprint density at radius 3 is 0.707 bits per heavy atom. The summed E-state index contributed by atoms with van der Waals surface area (Å²) < 4.78 is 8.24. The lowest BCUT2D eigenvalue weighted by molar-refractivity contribution is -0.0905. The molecule has 0 heterocycles. The molecule has 0 unspecified atom stereocenters. The monoisotopic (exact) mass is 522 g/mol. The van der Waals surface area contributed by atoms with Crippen molar-refractivity contribution in [1.82, 2.24) is 0 Å². The highest BCUT2D eigenvalue weighted by atomic mass is 16.5. The van der Waals surface area contributed by atoms with Crippen molar-refractivity contribution in [3.8, 4) is 0 Å². The average molecular weight is 523 g/mol. The molecule has 1 heteroatoms. The minimum absolute atomic E-state index is 0.204. The van der Waals surface area contributed by atoms with Gasteiger partial charge < -0.3 is 4.74 Å². The molecule has 0 saturated heterocycles. The number of ether oxygens (including phenoxy) is 1. The fourth-order valence-corrected chi connectivity index (χ4v) is 8.85. The van der Waals surface area contributed by atoms with Crippen LogP contribution in [0.25, 0.3) is 0 Å². The van der Waals surface area contributed by atoms with E-state index in [1.54, 1.807) is 0 Å². The summed E-state index contributed by atoms with van der Waals surface area (Å²) in [4.78, 5) is 0. The second-order valence-electron chi connectivity index (χ2n) is 11.9. The third kappa shape index (κ3) is 2.41. The van der Waals surface area contributed by atoms with Gasteiger partial charge in [-0.1, -0.05) is 146 Å². The maximum Gasteiger partial charge on any atom is 0.146 e. The normalized spacial score (nSPS) is 24.9. The van der Waals surface area contributed by atoms with E-state index in [9.17, 15) is 0 Å². The third-order valence-electron chi connectivity index (χ3n) is 10.2. The van der Waals surface area contributed by atoms with Crippen molar-refractivity contribution in [2.75, 3.05) is 0 Å². The van der Waals surface area contributed by atoms with Crippen LogP contribution >= 0.6 is 0 Å². The van der Waals surface area contributed by atoms with Gasteiger partial charge in [0.2, 0.25) is 0 Å². The van der Waals surface area contributed by atoms with Crippen molar-refractivity contribution in [2.45, 2.75) is 23.0 Å². The van der Waals surface area contributed by atoms with E-state index < -0.39 is 11.2 Å². The van der Waals surface area contributed by atoms with E-state index in [1.165, 1.54) is 66.8 Å². The van der Waals surface area contributed by atoms with Crippen LogP contribution in [0.5, 0.6) is 0 Å². The number of hydrogen-bond acceptors (Lipinski definition) is 1. The van der Waals surface area contributed by atoms with Crippen LogP contribution in [0.15, 0.2) is 146 Å². The van der Waals surface area contributed by atoms with Gasteiger partial charge >= 0.3 is 0 Å². The molecule has 0 fully saturated rings. The van der Waals surface area contributed by atoms with E-state index in [4.69, 9.17) is 4.74 Å². The zero-order chi connectivity index (χ0) is 26.8. The Kier molecular flexibility index (Phi) is 4.04. The quantitative estimate of drug-likeness (QED) is 0.221. The number of hydrogen-bond donors (Lipinski definition) is 0. The molecule has 6 aromatic rings. The lowest BCUT2D eigenvalue weighted by Gasteiger charge is -2.57. The molecule has 0 radical (unpaired) electrons. The smallest absolute Gasteiger partial charge is 0.146 e. The van der Waals surface area contributed by atoms with E-state index in [1.807, 2.05) is 0 Å². The summed E-state index contributed by atoms with van der Waals surface area (Å²) in [6, 6.07) is 53.9. The summed E-state index contributed by atoms with van der Waals surface area (Å²) in [7, 11) is 0. The van der Waals surface area contributed by atoms with Gasteiger partial charge in [-0.05, 0) is 66.8 Å². The van der Waals surface area contributed by atoms with E-state index >= 15 is 0 Å². The second kappa shape index (κ2) is 7.51. The maximum atomic E-state index is 8.24. The van der Waals surface area contributed by atoms with E-state index in [0.29, 0.717) is 0 Å². The van der Waals surface area contributed by atoms with Crippen molar-refractivity contribution in [1.29, 1.82) is 0 Å². The molecule has 0 spiro atoms. The van der Waals surface area contributed by atoms with Gasteiger partial charge in [-0.15, -0.1) is 0 Å². The van der Waals surface area contributed by atoms with Gasteiger partial charge in [-0.3, -0.25) is 0 Å². The standard InChI is InChI=1S/C40H26O/c1-7-19-31-25(13-1)37-26-14-2-8-20-32(26)39(31,33-21-9-3-15-27(33)37)41-40-34-22-10-4-16-28(34)38(29-17-5-11-23-35(29)40)30-18-6-12-24-36(30)40/h1-24,37-38H. The summed E-state index contributed by atoms with van der Waals surface area (Å²) in [5.74, 6) is 0.408. The molecule has 0 atom stereocenters. The van der Waals surface area contributed by atoms with Crippen LogP contribution < -0.4 is 0 Å². The van der Waals surface area contributed by atoms with E-state index in [2.05, 4.69) is 146 Å². The van der Waals surface area contributed by atoms with Crippen LogP contribution in [0.2, 0.25) is 0 Å². The molecule has 6 aliphatic carbocycles. The Hall–Kier alpha value is -4.72. The van der Waals surface area contributed by atoms with Crippen molar-refractivity contribution in [3.63, 3.8) is 0 Å². The van der Waals surface area contributed by atoms with Gasteiger partial charge in [0.25, 0.3) is 0 Å². The van der Waals surface area contributed by atoms with Crippen LogP contribution in [0.3, 0.4) is 0 Å². The molecule has 4 bridgehead atoms. The van der Waals surface area contributed by atoms with Crippen molar-refractivity contribution in [2.24, 2.45) is 0 Å². The van der Waals surface area contributed by atoms with Crippen molar-refractivity contribution >= 4 is 0 Å². The first-order valence-electron chi connectivity index (χ1n) is 14.6. The Morgan fingerprint density at radius 1 is 0.293 bits per heavy atom. The summed E-state index contributed by atoms with van der Waals surface area (Å²) in [5.41, 5.74) is 14.1. The molecule has 0 aromatic heterocycles. The van der Waals surface area contributed by atoms with Gasteiger partial charge in [0.1, 0.15) is 11.2 Å². The van der Waals surface area contributed by atoms with E-state index in [-0.39, 0.29) is 11.8 Å². The fourth-order valence-electron chi connectivity index (χ4n) is 8.85. The van der Waals surface area contributed by atoms with Crippen LogP contribution in [0, 0.1) is 0 Å². The minimum Gasteiger partial charge on any atom is -0.340 e. The molecular formula is C40H26O. The van der Waals surface area contributed by atoms with Crippen LogP contribution in [-0.4, -0.2) is 0 Å². The number of benzene rings is 6. The first-order chi connectivity index (χ1) is 20.3. The van der Waals surface area contributed by atoms with E-state index in [0.717, 1.165) is 0 Å². The SMILES string of the molecule is c1ccc2c(c1)C1c3ccccc3C2(OC23c4ccccc4C(c4ccccc42)c2ccccc23)c2ccccc21. The summed E-state index contributed by atoms with van der Waals surface area (Å²) in [6.45, 7) is 0. The lowest BCUT2D eigenvalue weighted by atomic mass is 9.56. The fraction of sp³-hybridized carbons (Fsp3) is 0.100. The molecular weight excluding hydrogens is 496 g/mol. The topological polar surface area (TPSA) is 9.23 Å². The van der Waals surface area contributed by atoms with Gasteiger partial charge in [-0.2, -0.15) is 0 Å². The Labute approximate surface area is 239 Å². The van der Waals surface area contributed by atoms with Crippen molar-refractivity contribution in [3.05, 3.63) is 212 Å². The minimum atomic E-state index is -0.782. The molecule has 12 rings (SSSR count). The molecule has 0 N–H and O–H groups in total. The highest BCUT2D eigenvalue weighted by Gasteiger charge is 2.61. The zero-order valence-corrected chi connectivity index (χ0v) is 22.4. The Balaban J connectivity index is 1.39. The molecule has 6 aliphatic rings. The molecule has 0 saturated carbocycles. The maximum absolute atomic E-state index is 8.24. The molecule has 1 nitrogen and oxygen atoms in total. The second-order valence-corrected chi connectivity index (χ2v) is 11.9. The van der Waals surface area contributed by atoms with Gasteiger partial charge in [-0.25, -0.2) is 0 Å². The average Bonchev–Trinajstić information content (AvgIpc) is 3.05. The Morgan fingerprint density at radius 2 is 0.488 bits per heavy atom. The largest absolute Gasteiger partial charge is 0.340 e. The number of rotatable bonds is 2. The van der Waals surface area contributed by atoms with Crippen molar-refractivity contribution < 1.29 is 4.74 Å². The van der Waals surface area contributed by atoms with Crippen LogP contribution in [0.1, 0.15) is 78.6 Å². The first kappa shape index (κ1) is 22.0. The summed E-state index contributed by atoms with van der Waals surface area (Å²) in [6.07, 6.45) is 0. The molecule has 0 aliphatic heterocycles. The zero-order valence-electron chi connectivity index (χ0n) is 22.4. The predicted octanol–water partition coefficient (Wildman–Crippen LogP) is 8.60. The van der Waals surface area contributed by atoms with Crippen LogP contribution in [0.4, 0.5) is 0 Å².